The molecule has 0 aliphatic rings. The normalized spacial score (nSPS) is 17.7. The van der Waals surface area contributed by atoms with Gasteiger partial charge >= 0.3 is 5.69 Å². The van der Waals surface area contributed by atoms with Crippen molar-refractivity contribution in [3.05, 3.63) is 22.7 Å². The van der Waals surface area contributed by atoms with E-state index in [2.05, 4.69) is 4.98 Å². The van der Waals surface area contributed by atoms with Gasteiger partial charge in [0.2, 0.25) is 0 Å². The maximum absolute atomic E-state index is 12.4. The van der Waals surface area contributed by atoms with Gasteiger partial charge in [-0.15, -0.1) is 0 Å². The van der Waals surface area contributed by atoms with Crippen molar-refractivity contribution in [2.75, 3.05) is 19.0 Å². The third-order valence-corrected chi connectivity index (χ3v) is 2.59. The number of rotatable bonds is 6. The minimum atomic E-state index is -2.02. The van der Waals surface area contributed by atoms with Crippen LogP contribution in [-0.4, -0.2) is 44.9 Å². The van der Waals surface area contributed by atoms with Crippen LogP contribution in [-0.2, 0) is 4.74 Å². The van der Waals surface area contributed by atoms with E-state index in [0.29, 0.717) is 0 Å². The monoisotopic (exact) mass is 276 g/mol. The standard InChI is InChI=1S/C10H17FN4O4/c1-6(15-3-2-8(12)14-9(15)18)19-10(13,5-16)7(17)4-11/h2-3,6-7,16-17H,4-5,13H2,1H3,(H2,12,14,18). The molecule has 0 bridgehead atoms. The van der Waals surface area contributed by atoms with Gasteiger partial charge in [-0.2, -0.15) is 4.98 Å². The molecule has 3 atom stereocenters. The van der Waals surface area contributed by atoms with Crippen LogP contribution in [0, 0.1) is 0 Å². The summed E-state index contributed by atoms with van der Waals surface area (Å²) in [7, 11) is 0. The number of nitrogen functional groups attached to an aromatic ring is 1. The highest BCUT2D eigenvalue weighted by molar-refractivity contribution is 5.23. The predicted octanol–water partition coefficient (Wildman–Crippen LogP) is -1.66. The molecule has 9 heteroatoms. The van der Waals surface area contributed by atoms with Crippen LogP contribution in [0.3, 0.4) is 0 Å². The first-order chi connectivity index (χ1) is 8.84. The molecule has 108 valence electrons. The third kappa shape index (κ3) is 3.47. The van der Waals surface area contributed by atoms with Crippen molar-refractivity contribution in [2.45, 2.75) is 25.0 Å². The molecule has 1 aromatic heterocycles. The lowest BCUT2D eigenvalue weighted by Gasteiger charge is -2.34. The van der Waals surface area contributed by atoms with Crippen molar-refractivity contribution >= 4 is 5.82 Å². The second-order valence-corrected chi connectivity index (χ2v) is 4.04. The topological polar surface area (TPSA) is 137 Å². The number of aromatic nitrogens is 2. The zero-order valence-corrected chi connectivity index (χ0v) is 10.4. The molecule has 0 saturated heterocycles. The number of anilines is 1. The predicted molar refractivity (Wildman–Crippen MR) is 64.7 cm³/mol. The Morgan fingerprint density at radius 1 is 1.68 bits per heavy atom. The Morgan fingerprint density at radius 2 is 2.32 bits per heavy atom. The molecule has 19 heavy (non-hydrogen) atoms. The van der Waals surface area contributed by atoms with Gasteiger partial charge in [-0.25, -0.2) is 9.18 Å². The fourth-order valence-corrected chi connectivity index (χ4v) is 1.43. The van der Waals surface area contributed by atoms with Crippen molar-refractivity contribution in [1.82, 2.24) is 9.55 Å². The minimum Gasteiger partial charge on any atom is -0.392 e. The average Bonchev–Trinajstić information content (AvgIpc) is 2.37. The smallest absolute Gasteiger partial charge is 0.351 e. The molecule has 1 aromatic rings. The maximum Gasteiger partial charge on any atom is 0.351 e. The number of hydrogen-bond acceptors (Lipinski definition) is 7. The van der Waals surface area contributed by atoms with E-state index in [0.717, 1.165) is 4.57 Å². The summed E-state index contributed by atoms with van der Waals surface area (Å²) in [5.74, 6) is 0.0402. The van der Waals surface area contributed by atoms with Gasteiger partial charge < -0.3 is 20.7 Å². The summed E-state index contributed by atoms with van der Waals surface area (Å²) >= 11 is 0. The summed E-state index contributed by atoms with van der Waals surface area (Å²) in [6.07, 6.45) is -1.38. The van der Waals surface area contributed by atoms with Crippen molar-refractivity contribution < 1.29 is 19.3 Å². The third-order valence-electron chi connectivity index (χ3n) is 2.59. The second kappa shape index (κ2) is 6.06. The summed E-state index contributed by atoms with van der Waals surface area (Å²) in [6, 6.07) is 1.37. The minimum absolute atomic E-state index is 0.0402. The zero-order valence-electron chi connectivity index (χ0n) is 10.4. The SMILES string of the molecule is CC(OC(N)(CO)C(O)CF)n1ccc(N)nc1=O. The molecule has 1 heterocycles. The van der Waals surface area contributed by atoms with Crippen LogP contribution in [0.2, 0.25) is 0 Å². The molecule has 8 nitrogen and oxygen atoms in total. The largest absolute Gasteiger partial charge is 0.392 e. The Balaban J connectivity index is 2.94. The fraction of sp³-hybridized carbons (Fsp3) is 0.600. The van der Waals surface area contributed by atoms with Crippen LogP contribution in [0.5, 0.6) is 0 Å². The molecular weight excluding hydrogens is 259 g/mol. The first kappa shape index (κ1) is 15.5. The summed E-state index contributed by atoms with van der Waals surface area (Å²) in [6.45, 7) is -0.584. The molecule has 0 aliphatic heterocycles. The fourth-order valence-electron chi connectivity index (χ4n) is 1.43. The van der Waals surface area contributed by atoms with Gasteiger partial charge in [-0.3, -0.25) is 10.3 Å². The highest BCUT2D eigenvalue weighted by Crippen LogP contribution is 2.17. The van der Waals surface area contributed by atoms with E-state index in [4.69, 9.17) is 21.3 Å². The highest BCUT2D eigenvalue weighted by atomic mass is 19.1. The molecule has 0 fully saturated rings. The van der Waals surface area contributed by atoms with E-state index in [1.54, 1.807) is 0 Å². The number of aliphatic hydroxyl groups excluding tert-OH is 2. The van der Waals surface area contributed by atoms with Crippen LogP contribution in [0.4, 0.5) is 10.2 Å². The number of nitrogens with zero attached hydrogens (tertiary/aromatic N) is 2. The number of halogens is 1. The Labute approximate surface area is 108 Å². The quantitative estimate of drug-likeness (QED) is 0.456. The van der Waals surface area contributed by atoms with Crippen molar-refractivity contribution in [3.8, 4) is 0 Å². The number of ether oxygens (including phenoxy) is 1. The average molecular weight is 276 g/mol. The van der Waals surface area contributed by atoms with E-state index < -0.39 is 37.0 Å². The summed E-state index contributed by atoms with van der Waals surface area (Å²) < 4.78 is 18.6. The molecule has 0 aromatic carbocycles. The molecular formula is C10H17FN4O4. The molecule has 0 amide bonds. The number of hydrogen-bond donors (Lipinski definition) is 4. The molecule has 1 rings (SSSR count). The van der Waals surface area contributed by atoms with Crippen molar-refractivity contribution in [3.63, 3.8) is 0 Å². The van der Waals surface area contributed by atoms with Crippen LogP contribution < -0.4 is 17.2 Å². The zero-order chi connectivity index (χ0) is 14.6. The lowest BCUT2D eigenvalue weighted by molar-refractivity contribution is -0.192. The lowest BCUT2D eigenvalue weighted by Crippen LogP contribution is -2.58. The van der Waals surface area contributed by atoms with Crippen LogP contribution in [0.1, 0.15) is 13.2 Å². The molecule has 3 unspecified atom stereocenters. The number of nitrogens with two attached hydrogens (primary N) is 2. The Kier molecular flexibility index (Phi) is 4.95. The van der Waals surface area contributed by atoms with Gasteiger partial charge in [-0.1, -0.05) is 0 Å². The molecule has 0 radical (unpaired) electrons. The van der Waals surface area contributed by atoms with Gasteiger partial charge in [0.15, 0.2) is 5.72 Å². The van der Waals surface area contributed by atoms with Crippen LogP contribution in [0.15, 0.2) is 17.1 Å². The highest BCUT2D eigenvalue weighted by Gasteiger charge is 2.36. The Morgan fingerprint density at radius 3 is 2.79 bits per heavy atom. The van der Waals surface area contributed by atoms with Crippen LogP contribution in [0.25, 0.3) is 0 Å². The van der Waals surface area contributed by atoms with Gasteiger partial charge in [0.05, 0.1) is 6.61 Å². The Bertz CT molecular complexity index is 483. The molecule has 0 aliphatic carbocycles. The van der Waals surface area contributed by atoms with E-state index in [1.165, 1.54) is 19.2 Å². The van der Waals surface area contributed by atoms with E-state index >= 15 is 0 Å². The first-order valence-corrected chi connectivity index (χ1v) is 5.50. The van der Waals surface area contributed by atoms with Crippen LogP contribution >= 0.6 is 0 Å². The van der Waals surface area contributed by atoms with Gasteiger partial charge in [0.1, 0.15) is 24.8 Å². The number of alkyl halides is 1. The summed E-state index contributed by atoms with van der Waals surface area (Å²) in [4.78, 5) is 15.0. The Hall–Kier alpha value is -1.55. The van der Waals surface area contributed by atoms with Gasteiger partial charge in [0, 0.05) is 6.20 Å². The van der Waals surface area contributed by atoms with Crippen molar-refractivity contribution in [1.29, 1.82) is 0 Å². The van der Waals surface area contributed by atoms with E-state index in [1.807, 2.05) is 0 Å². The molecule has 6 N–H and O–H groups in total. The van der Waals surface area contributed by atoms with Gasteiger partial charge in [0.25, 0.3) is 0 Å². The molecule has 0 spiro atoms. The van der Waals surface area contributed by atoms with E-state index in [-0.39, 0.29) is 5.82 Å². The van der Waals surface area contributed by atoms with E-state index in [9.17, 15) is 14.3 Å². The molecule has 0 saturated carbocycles. The number of aliphatic hydroxyl groups is 2. The van der Waals surface area contributed by atoms with Crippen molar-refractivity contribution in [2.24, 2.45) is 5.73 Å². The second-order valence-electron chi connectivity index (χ2n) is 4.04. The summed E-state index contributed by atoms with van der Waals surface area (Å²) in [5, 5.41) is 18.5. The van der Waals surface area contributed by atoms with Gasteiger partial charge in [-0.05, 0) is 13.0 Å². The maximum atomic E-state index is 12.4. The first-order valence-electron chi connectivity index (χ1n) is 5.50. The summed E-state index contributed by atoms with van der Waals surface area (Å²) in [5.41, 5.74) is 8.17. The lowest BCUT2D eigenvalue weighted by atomic mass is 10.1.